The molecule has 3 heteroatoms. The van der Waals surface area contributed by atoms with Crippen LogP contribution in [-0.2, 0) is 0 Å². The number of rotatable bonds is 3. The number of fused-ring (bicyclic) bond motifs is 10. The van der Waals surface area contributed by atoms with E-state index in [-0.39, 0.29) is 14.5 Å². The summed E-state index contributed by atoms with van der Waals surface area (Å²) < 4.78 is 9.27. The predicted octanol–water partition coefficient (Wildman–Crippen LogP) is 10.7. The fourth-order valence-corrected chi connectivity index (χ4v) is 9.06. The van der Waals surface area contributed by atoms with Gasteiger partial charge in [0, 0.05) is 0 Å². The average molecular weight is 589 g/mol. The van der Waals surface area contributed by atoms with Crippen molar-refractivity contribution in [3.05, 3.63) is 140 Å². The fourth-order valence-electron chi connectivity index (χ4n) is 6.39. The Hall–Kier alpha value is -4.82. The SMILES string of the molecule is c1ccc(N(c2ccc3ccc4ccc5c6ccccc6[se]c5c4c3c2)c2cccc3oc4ccccc4c23)cc1. The molecule has 9 aromatic rings. The van der Waals surface area contributed by atoms with Crippen molar-refractivity contribution in [1.29, 1.82) is 0 Å². The zero-order chi connectivity index (χ0) is 26.9. The minimum atomic E-state index is 0.274. The predicted molar refractivity (Wildman–Crippen MR) is 175 cm³/mol. The van der Waals surface area contributed by atoms with Crippen LogP contribution < -0.4 is 4.90 Å². The minimum absolute atomic E-state index is 0.274. The van der Waals surface area contributed by atoms with Gasteiger partial charge in [0.25, 0.3) is 0 Å². The van der Waals surface area contributed by atoms with Gasteiger partial charge in [-0.1, -0.05) is 0 Å². The Morgan fingerprint density at radius 2 is 1.20 bits per heavy atom. The van der Waals surface area contributed by atoms with Crippen molar-refractivity contribution in [3.8, 4) is 0 Å². The Balaban J connectivity index is 1.38. The van der Waals surface area contributed by atoms with Crippen molar-refractivity contribution in [2.45, 2.75) is 0 Å². The first-order chi connectivity index (χ1) is 20.3. The van der Waals surface area contributed by atoms with Gasteiger partial charge in [-0.2, -0.15) is 0 Å². The molecule has 0 aliphatic carbocycles. The van der Waals surface area contributed by atoms with E-state index in [0.29, 0.717) is 0 Å². The van der Waals surface area contributed by atoms with Crippen LogP contribution in [0.1, 0.15) is 0 Å². The molecule has 0 aliphatic heterocycles. The number of para-hydroxylation sites is 2. The zero-order valence-corrected chi connectivity index (χ0v) is 23.8. The summed E-state index contributed by atoms with van der Waals surface area (Å²) in [5.74, 6) is 0. The molecule has 2 heterocycles. The third kappa shape index (κ3) is 3.44. The van der Waals surface area contributed by atoms with E-state index in [0.717, 1.165) is 39.0 Å². The second-order valence-corrected chi connectivity index (χ2v) is 12.7. The Labute approximate surface area is 242 Å². The molecule has 0 N–H and O–H groups in total. The summed E-state index contributed by atoms with van der Waals surface area (Å²) in [5, 5.41) is 10.3. The molecule has 0 radical (unpaired) electrons. The van der Waals surface area contributed by atoms with Crippen LogP contribution in [0.5, 0.6) is 0 Å². The number of nitrogens with zero attached hydrogens (tertiary/aromatic N) is 1. The molecule has 0 aliphatic rings. The van der Waals surface area contributed by atoms with Crippen LogP contribution in [0.2, 0.25) is 0 Å². The van der Waals surface area contributed by atoms with Crippen molar-refractivity contribution in [1.82, 2.24) is 0 Å². The van der Waals surface area contributed by atoms with Crippen LogP contribution in [-0.4, -0.2) is 14.5 Å². The third-order valence-corrected chi connectivity index (χ3v) is 10.7. The number of hydrogen-bond acceptors (Lipinski definition) is 2. The van der Waals surface area contributed by atoms with E-state index in [1.807, 2.05) is 6.07 Å². The number of hydrogen-bond donors (Lipinski definition) is 0. The molecule has 0 spiro atoms. The monoisotopic (exact) mass is 589 g/mol. The molecule has 2 aromatic heterocycles. The molecular formula is C38H23NOSe. The van der Waals surface area contributed by atoms with Gasteiger partial charge < -0.3 is 0 Å². The summed E-state index contributed by atoms with van der Waals surface area (Å²) in [6.07, 6.45) is 0. The molecule has 2 nitrogen and oxygen atoms in total. The summed E-state index contributed by atoms with van der Waals surface area (Å²) in [4.78, 5) is 2.38. The van der Waals surface area contributed by atoms with E-state index < -0.39 is 0 Å². The van der Waals surface area contributed by atoms with E-state index in [2.05, 4.69) is 138 Å². The summed E-state index contributed by atoms with van der Waals surface area (Å²) in [6, 6.07) is 50.4. The molecule has 0 saturated heterocycles. The average Bonchev–Trinajstić information content (AvgIpc) is 3.60. The molecule has 0 amide bonds. The van der Waals surface area contributed by atoms with Crippen LogP contribution in [0.3, 0.4) is 0 Å². The maximum atomic E-state index is 6.30. The van der Waals surface area contributed by atoms with E-state index in [1.165, 1.54) is 40.8 Å². The first kappa shape index (κ1) is 22.9. The zero-order valence-electron chi connectivity index (χ0n) is 22.0. The summed E-state index contributed by atoms with van der Waals surface area (Å²) in [7, 11) is 0. The quantitative estimate of drug-likeness (QED) is 0.151. The van der Waals surface area contributed by atoms with Gasteiger partial charge in [0.15, 0.2) is 0 Å². The van der Waals surface area contributed by atoms with Gasteiger partial charge in [-0.05, 0) is 0 Å². The van der Waals surface area contributed by atoms with Crippen molar-refractivity contribution in [3.63, 3.8) is 0 Å². The Kier molecular flexibility index (Phi) is 4.95. The first-order valence-corrected chi connectivity index (χ1v) is 15.6. The summed E-state index contributed by atoms with van der Waals surface area (Å²) >= 11 is 0.274. The maximum absolute atomic E-state index is 6.30. The van der Waals surface area contributed by atoms with Gasteiger partial charge in [0.2, 0.25) is 0 Å². The van der Waals surface area contributed by atoms with Gasteiger partial charge in [0.05, 0.1) is 0 Å². The van der Waals surface area contributed by atoms with E-state index in [4.69, 9.17) is 4.42 Å². The van der Waals surface area contributed by atoms with E-state index in [9.17, 15) is 0 Å². The normalized spacial score (nSPS) is 11.9. The molecule has 0 bridgehead atoms. The molecule has 9 rings (SSSR count). The molecule has 0 fully saturated rings. The van der Waals surface area contributed by atoms with E-state index in [1.54, 1.807) is 0 Å². The Morgan fingerprint density at radius 3 is 2.12 bits per heavy atom. The number of furan rings is 1. The van der Waals surface area contributed by atoms with Crippen LogP contribution in [0.4, 0.5) is 17.1 Å². The fraction of sp³-hybridized carbons (Fsp3) is 0. The Morgan fingerprint density at radius 1 is 0.463 bits per heavy atom. The van der Waals surface area contributed by atoms with Gasteiger partial charge in [-0.25, -0.2) is 0 Å². The molecule has 0 unspecified atom stereocenters. The molecule has 0 saturated carbocycles. The van der Waals surface area contributed by atoms with Gasteiger partial charge in [-0.3, -0.25) is 0 Å². The van der Waals surface area contributed by atoms with Crippen molar-refractivity contribution < 1.29 is 4.42 Å². The summed E-state index contributed by atoms with van der Waals surface area (Å²) in [6.45, 7) is 0. The first-order valence-electron chi connectivity index (χ1n) is 13.9. The van der Waals surface area contributed by atoms with Gasteiger partial charge >= 0.3 is 243 Å². The van der Waals surface area contributed by atoms with Crippen LogP contribution in [0.15, 0.2) is 144 Å². The van der Waals surface area contributed by atoms with Crippen LogP contribution in [0, 0.1) is 0 Å². The molecule has 192 valence electrons. The summed E-state index contributed by atoms with van der Waals surface area (Å²) in [5.41, 5.74) is 5.17. The molecular weight excluding hydrogens is 565 g/mol. The van der Waals surface area contributed by atoms with Gasteiger partial charge in [0.1, 0.15) is 0 Å². The van der Waals surface area contributed by atoms with Gasteiger partial charge in [-0.15, -0.1) is 0 Å². The van der Waals surface area contributed by atoms with E-state index >= 15 is 0 Å². The number of benzene rings is 7. The van der Waals surface area contributed by atoms with Crippen LogP contribution >= 0.6 is 0 Å². The van der Waals surface area contributed by atoms with Crippen molar-refractivity contribution >= 4 is 94.3 Å². The third-order valence-electron chi connectivity index (χ3n) is 8.22. The van der Waals surface area contributed by atoms with Crippen LogP contribution in [0.25, 0.3) is 62.8 Å². The van der Waals surface area contributed by atoms with Crippen molar-refractivity contribution in [2.24, 2.45) is 0 Å². The Bertz CT molecular complexity index is 2430. The molecule has 41 heavy (non-hydrogen) atoms. The second-order valence-electron chi connectivity index (χ2n) is 10.5. The standard InChI is InChI=1S/C38H23NOSe/c1-2-9-26(10-3-1)39(32-13-8-15-34-37(32)30-12-4-6-14-33(30)40-34)27-21-19-24-17-18-25-20-22-29-28-11-5-7-16-35(28)41-38(29)36(25)31(24)23-27/h1-23H. The molecule has 7 aromatic carbocycles. The molecule has 0 atom stereocenters. The second kappa shape index (κ2) is 8.84. The van der Waals surface area contributed by atoms with Crippen molar-refractivity contribution in [2.75, 3.05) is 4.90 Å². The number of anilines is 3. The topological polar surface area (TPSA) is 16.4 Å².